The Hall–Kier alpha value is -1.50. The molecule has 0 bridgehead atoms. The van der Waals surface area contributed by atoms with Crippen LogP contribution in [0.4, 0.5) is 0 Å². The minimum atomic E-state index is 0.322. The number of para-hydroxylation sites is 1. The van der Waals surface area contributed by atoms with E-state index in [1.165, 1.54) is 18.4 Å². The molecule has 108 valence electrons. The second-order valence-corrected chi connectivity index (χ2v) is 5.53. The number of benzene rings is 1. The van der Waals surface area contributed by atoms with Gasteiger partial charge >= 0.3 is 0 Å². The molecule has 0 aromatic heterocycles. The highest BCUT2D eigenvalue weighted by molar-refractivity contribution is 5.33. The highest BCUT2D eigenvalue weighted by atomic mass is 16.5. The van der Waals surface area contributed by atoms with Crippen molar-refractivity contribution in [1.29, 1.82) is 0 Å². The molecule has 0 amide bonds. The van der Waals surface area contributed by atoms with Gasteiger partial charge in [-0.15, -0.1) is 6.42 Å². The molecule has 1 aromatic rings. The van der Waals surface area contributed by atoms with Crippen molar-refractivity contribution in [1.82, 2.24) is 10.2 Å². The third kappa shape index (κ3) is 4.00. The first-order chi connectivity index (χ1) is 9.70. The lowest BCUT2D eigenvalue weighted by molar-refractivity contribution is 0.168. The highest BCUT2D eigenvalue weighted by Crippen LogP contribution is 2.20. The first-order valence-electron chi connectivity index (χ1n) is 7.28. The monoisotopic (exact) mass is 272 g/mol. The molecule has 1 saturated heterocycles. The number of hydrogen-bond acceptors (Lipinski definition) is 3. The van der Waals surface area contributed by atoms with Gasteiger partial charge in [0.2, 0.25) is 0 Å². The van der Waals surface area contributed by atoms with Crippen LogP contribution in [0.25, 0.3) is 0 Å². The van der Waals surface area contributed by atoms with Crippen molar-refractivity contribution in [3.63, 3.8) is 0 Å². The van der Waals surface area contributed by atoms with Gasteiger partial charge in [0.25, 0.3) is 0 Å². The van der Waals surface area contributed by atoms with E-state index >= 15 is 0 Å². The SMILES string of the molecule is C#CCOc1ccccc1CNC1CCN(C)C(C)C1. The van der Waals surface area contributed by atoms with Crippen molar-refractivity contribution in [3.05, 3.63) is 29.8 Å². The molecule has 1 N–H and O–H groups in total. The van der Waals surface area contributed by atoms with Crippen LogP contribution in [0.2, 0.25) is 0 Å². The van der Waals surface area contributed by atoms with Crippen LogP contribution in [-0.2, 0) is 6.54 Å². The van der Waals surface area contributed by atoms with Gasteiger partial charge in [-0.1, -0.05) is 24.1 Å². The molecule has 1 aliphatic rings. The summed E-state index contributed by atoms with van der Waals surface area (Å²) in [4.78, 5) is 2.42. The number of hydrogen-bond donors (Lipinski definition) is 1. The number of piperidine rings is 1. The van der Waals surface area contributed by atoms with E-state index in [1.807, 2.05) is 18.2 Å². The predicted octanol–water partition coefficient (Wildman–Crippen LogP) is 2.27. The topological polar surface area (TPSA) is 24.5 Å². The van der Waals surface area contributed by atoms with Gasteiger partial charge in [0, 0.05) is 24.2 Å². The molecular weight excluding hydrogens is 248 g/mol. The lowest BCUT2D eigenvalue weighted by atomic mass is 9.98. The number of nitrogens with one attached hydrogen (secondary N) is 1. The van der Waals surface area contributed by atoms with Crippen LogP contribution in [0.15, 0.2) is 24.3 Å². The first-order valence-corrected chi connectivity index (χ1v) is 7.28. The molecule has 3 heteroatoms. The second-order valence-electron chi connectivity index (χ2n) is 5.53. The molecule has 2 rings (SSSR count). The van der Waals surface area contributed by atoms with E-state index in [4.69, 9.17) is 11.2 Å². The summed E-state index contributed by atoms with van der Waals surface area (Å²) in [7, 11) is 2.20. The Balaban J connectivity index is 1.89. The third-order valence-corrected chi connectivity index (χ3v) is 4.07. The van der Waals surface area contributed by atoms with E-state index in [0.717, 1.165) is 18.8 Å². The van der Waals surface area contributed by atoms with E-state index < -0.39 is 0 Å². The number of nitrogens with zero attached hydrogens (tertiary/aromatic N) is 1. The minimum absolute atomic E-state index is 0.322. The molecular formula is C17H24N2O. The number of rotatable bonds is 5. The van der Waals surface area contributed by atoms with Gasteiger partial charge in [-0.2, -0.15) is 0 Å². The summed E-state index contributed by atoms with van der Waals surface area (Å²) in [6, 6.07) is 9.32. The fourth-order valence-corrected chi connectivity index (χ4v) is 2.64. The van der Waals surface area contributed by atoms with Crippen molar-refractivity contribution in [2.24, 2.45) is 0 Å². The highest BCUT2D eigenvalue weighted by Gasteiger charge is 2.22. The predicted molar refractivity (Wildman–Crippen MR) is 82.7 cm³/mol. The molecule has 0 spiro atoms. The standard InChI is InChI=1S/C17H24N2O/c1-4-11-20-17-8-6-5-7-15(17)13-18-16-9-10-19(3)14(2)12-16/h1,5-8,14,16,18H,9-13H2,2-3H3. The van der Waals surface area contributed by atoms with Gasteiger partial charge in [0.05, 0.1) is 0 Å². The largest absolute Gasteiger partial charge is 0.481 e. The molecule has 3 nitrogen and oxygen atoms in total. The molecule has 0 saturated carbocycles. The Kier molecular flexibility index (Phi) is 5.46. The van der Waals surface area contributed by atoms with Crippen molar-refractivity contribution < 1.29 is 4.74 Å². The molecule has 0 radical (unpaired) electrons. The second kappa shape index (κ2) is 7.33. The van der Waals surface area contributed by atoms with E-state index in [2.05, 4.69) is 36.2 Å². The first kappa shape index (κ1) is 14.9. The minimum Gasteiger partial charge on any atom is -0.481 e. The van der Waals surface area contributed by atoms with Crippen LogP contribution in [0, 0.1) is 12.3 Å². The lowest BCUT2D eigenvalue weighted by Crippen LogP contribution is -2.45. The Labute approximate surface area is 122 Å². The van der Waals surface area contributed by atoms with E-state index in [1.54, 1.807) is 0 Å². The van der Waals surface area contributed by atoms with Crippen LogP contribution in [-0.4, -0.2) is 37.2 Å². The number of terminal acetylenes is 1. The molecule has 2 unspecified atom stereocenters. The zero-order valence-corrected chi connectivity index (χ0v) is 12.4. The van der Waals surface area contributed by atoms with Crippen LogP contribution in [0.5, 0.6) is 5.75 Å². The quantitative estimate of drug-likeness (QED) is 0.832. The average Bonchev–Trinajstić information content (AvgIpc) is 2.47. The third-order valence-electron chi connectivity index (χ3n) is 4.07. The summed E-state index contributed by atoms with van der Waals surface area (Å²) in [6.07, 6.45) is 7.65. The molecule has 20 heavy (non-hydrogen) atoms. The Morgan fingerprint density at radius 2 is 2.25 bits per heavy atom. The summed E-state index contributed by atoms with van der Waals surface area (Å²) >= 11 is 0. The maximum absolute atomic E-state index is 5.58. The molecule has 1 aliphatic heterocycles. The summed E-state index contributed by atoms with van der Waals surface area (Å²) < 4.78 is 5.58. The van der Waals surface area contributed by atoms with Gasteiger partial charge in [-0.3, -0.25) is 0 Å². The molecule has 2 atom stereocenters. The van der Waals surface area contributed by atoms with Gasteiger partial charge in [-0.25, -0.2) is 0 Å². The number of ether oxygens (including phenoxy) is 1. The summed E-state index contributed by atoms with van der Waals surface area (Å²) in [6.45, 7) is 4.61. The van der Waals surface area contributed by atoms with Crippen molar-refractivity contribution in [2.75, 3.05) is 20.2 Å². The summed E-state index contributed by atoms with van der Waals surface area (Å²) in [5.74, 6) is 3.40. The Morgan fingerprint density at radius 3 is 3.00 bits per heavy atom. The normalized spacial score (nSPS) is 23.2. The summed E-state index contributed by atoms with van der Waals surface area (Å²) in [5, 5.41) is 3.65. The smallest absolute Gasteiger partial charge is 0.148 e. The van der Waals surface area contributed by atoms with Gasteiger partial charge in [-0.05, 0) is 39.4 Å². The van der Waals surface area contributed by atoms with Crippen LogP contribution in [0.3, 0.4) is 0 Å². The maximum Gasteiger partial charge on any atom is 0.148 e. The zero-order valence-electron chi connectivity index (χ0n) is 12.4. The van der Waals surface area contributed by atoms with Crippen LogP contribution >= 0.6 is 0 Å². The Morgan fingerprint density at radius 1 is 1.45 bits per heavy atom. The Bertz CT molecular complexity index is 466. The van der Waals surface area contributed by atoms with E-state index in [-0.39, 0.29) is 0 Å². The zero-order chi connectivity index (χ0) is 14.4. The van der Waals surface area contributed by atoms with Crippen LogP contribution < -0.4 is 10.1 Å². The van der Waals surface area contributed by atoms with Gasteiger partial charge < -0.3 is 15.0 Å². The molecule has 1 heterocycles. The molecule has 0 aliphatic carbocycles. The fraction of sp³-hybridized carbons (Fsp3) is 0.529. The summed E-state index contributed by atoms with van der Waals surface area (Å²) in [5.41, 5.74) is 1.18. The lowest BCUT2D eigenvalue weighted by Gasteiger charge is -2.35. The van der Waals surface area contributed by atoms with Crippen molar-refractivity contribution in [2.45, 2.75) is 38.4 Å². The van der Waals surface area contributed by atoms with Crippen LogP contribution in [0.1, 0.15) is 25.3 Å². The van der Waals surface area contributed by atoms with E-state index in [9.17, 15) is 0 Å². The number of likely N-dealkylation sites (tertiary alicyclic amines) is 1. The molecule has 1 aromatic carbocycles. The van der Waals surface area contributed by atoms with E-state index in [0.29, 0.717) is 18.7 Å². The van der Waals surface area contributed by atoms with Gasteiger partial charge in [0.1, 0.15) is 12.4 Å². The van der Waals surface area contributed by atoms with Crippen molar-refractivity contribution in [3.8, 4) is 18.1 Å². The average molecular weight is 272 g/mol. The fourth-order valence-electron chi connectivity index (χ4n) is 2.64. The van der Waals surface area contributed by atoms with Crippen molar-refractivity contribution >= 4 is 0 Å². The van der Waals surface area contributed by atoms with Gasteiger partial charge in [0.15, 0.2) is 0 Å². The maximum atomic E-state index is 5.58. The molecule has 1 fully saturated rings.